The minimum atomic E-state index is -0.171. The Morgan fingerprint density at radius 3 is 2.21 bits per heavy atom. The van der Waals surface area contributed by atoms with Crippen molar-refractivity contribution < 1.29 is 14.6 Å². The fourth-order valence-electron chi connectivity index (χ4n) is 4.80. The monoisotopic (exact) mass is 264 g/mol. The third kappa shape index (κ3) is 2.58. The van der Waals surface area contributed by atoms with Crippen LogP contribution >= 0.6 is 0 Å². The van der Waals surface area contributed by atoms with Crippen LogP contribution in [0.2, 0.25) is 0 Å². The topological polar surface area (TPSA) is 46.5 Å². The lowest BCUT2D eigenvalue weighted by molar-refractivity contribution is -0.182. The van der Waals surface area contributed by atoms with E-state index in [0.29, 0.717) is 12.0 Å². The minimum Gasteiger partial charge on any atom is -0.456 e. The highest BCUT2D eigenvalue weighted by Gasteiger charge is 2.53. The summed E-state index contributed by atoms with van der Waals surface area (Å²) in [6, 6.07) is 0. The van der Waals surface area contributed by atoms with Gasteiger partial charge in [-0.25, -0.2) is 4.79 Å². The summed E-state index contributed by atoms with van der Waals surface area (Å²) in [4.78, 5) is 12.2. The van der Waals surface area contributed by atoms with Gasteiger partial charge in [-0.15, -0.1) is 0 Å². The summed E-state index contributed by atoms with van der Waals surface area (Å²) in [5, 5.41) is 8.80. The average molecular weight is 264 g/mol. The quantitative estimate of drug-likeness (QED) is 0.627. The Hall–Kier alpha value is -0.830. The van der Waals surface area contributed by atoms with E-state index in [1.54, 1.807) is 13.0 Å². The molecule has 0 atom stereocenters. The Bertz CT molecular complexity index is 362. The van der Waals surface area contributed by atoms with Crippen molar-refractivity contribution in [3.63, 3.8) is 0 Å². The van der Waals surface area contributed by atoms with Crippen molar-refractivity contribution in [2.75, 3.05) is 6.61 Å². The van der Waals surface area contributed by atoms with Crippen LogP contribution in [0.25, 0.3) is 0 Å². The number of hydrogen-bond donors (Lipinski definition) is 1. The van der Waals surface area contributed by atoms with Gasteiger partial charge in [0.1, 0.15) is 5.60 Å². The van der Waals surface area contributed by atoms with Crippen molar-refractivity contribution in [1.82, 2.24) is 0 Å². The maximum atomic E-state index is 12.2. The number of aliphatic hydroxyl groups is 1. The van der Waals surface area contributed by atoms with E-state index in [1.807, 2.05) is 0 Å². The van der Waals surface area contributed by atoms with Crippen LogP contribution in [0.3, 0.4) is 0 Å². The first-order valence-electron chi connectivity index (χ1n) is 7.61. The van der Waals surface area contributed by atoms with E-state index in [0.717, 1.165) is 37.0 Å². The predicted molar refractivity (Wildman–Crippen MR) is 72.5 cm³/mol. The van der Waals surface area contributed by atoms with Crippen molar-refractivity contribution in [3.8, 4) is 0 Å². The molecule has 4 saturated carbocycles. The van der Waals surface area contributed by atoms with E-state index in [2.05, 4.69) is 0 Å². The van der Waals surface area contributed by atoms with Crippen molar-refractivity contribution in [2.24, 2.45) is 17.8 Å². The van der Waals surface area contributed by atoms with Crippen molar-refractivity contribution in [2.45, 2.75) is 57.5 Å². The van der Waals surface area contributed by atoms with Gasteiger partial charge < -0.3 is 9.84 Å². The Morgan fingerprint density at radius 1 is 1.21 bits per heavy atom. The Labute approximate surface area is 115 Å². The van der Waals surface area contributed by atoms with Crippen LogP contribution in [0.5, 0.6) is 0 Å². The first kappa shape index (κ1) is 13.2. The van der Waals surface area contributed by atoms with Crippen molar-refractivity contribution in [3.05, 3.63) is 11.6 Å². The average Bonchev–Trinajstić information content (AvgIpc) is 2.33. The van der Waals surface area contributed by atoms with Crippen LogP contribution in [-0.4, -0.2) is 23.3 Å². The molecule has 106 valence electrons. The van der Waals surface area contributed by atoms with Gasteiger partial charge in [0.25, 0.3) is 0 Å². The summed E-state index contributed by atoms with van der Waals surface area (Å²) in [6.45, 7) is 1.88. The molecule has 4 aliphatic rings. The number of ether oxygens (including phenoxy) is 1. The molecule has 3 heteroatoms. The lowest BCUT2D eigenvalue weighted by atomic mass is 9.54. The molecule has 4 fully saturated rings. The van der Waals surface area contributed by atoms with E-state index in [1.165, 1.54) is 19.3 Å². The largest absolute Gasteiger partial charge is 0.456 e. The summed E-state index contributed by atoms with van der Waals surface area (Å²) < 4.78 is 5.92. The van der Waals surface area contributed by atoms with Crippen LogP contribution in [0.4, 0.5) is 0 Å². The molecule has 4 bridgehead atoms. The van der Waals surface area contributed by atoms with Crippen LogP contribution in [0, 0.1) is 17.8 Å². The molecule has 0 aromatic carbocycles. The van der Waals surface area contributed by atoms with Gasteiger partial charge in [-0.2, -0.15) is 0 Å². The highest BCUT2D eigenvalue weighted by atomic mass is 16.6. The zero-order chi connectivity index (χ0) is 13.5. The van der Waals surface area contributed by atoms with Gasteiger partial charge in [0.15, 0.2) is 0 Å². The zero-order valence-corrected chi connectivity index (χ0v) is 11.7. The minimum absolute atomic E-state index is 0.0853. The summed E-state index contributed by atoms with van der Waals surface area (Å²) in [5.41, 5.74) is 0.491. The summed E-state index contributed by atoms with van der Waals surface area (Å²) >= 11 is 0. The molecule has 0 saturated heterocycles. The fraction of sp³-hybridized carbons (Fsp3) is 0.812. The van der Waals surface area contributed by atoms with Gasteiger partial charge in [-0.05, 0) is 69.6 Å². The second-order valence-corrected chi connectivity index (χ2v) is 6.89. The number of carbonyl (C=O) groups excluding carboxylic acids is 1. The van der Waals surface area contributed by atoms with Crippen LogP contribution in [-0.2, 0) is 9.53 Å². The lowest BCUT2D eigenvalue weighted by Gasteiger charge is -2.55. The highest BCUT2D eigenvalue weighted by Crippen LogP contribution is 2.57. The maximum absolute atomic E-state index is 12.2. The number of hydrogen-bond acceptors (Lipinski definition) is 3. The van der Waals surface area contributed by atoms with Crippen LogP contribution in [0.1, 0.15) is 51.9 Å². The highest BCUT2D eigenvalue weighted by molar-refractivity contribution is 5.88. The van der Waals surface area contributed by atoms with Crippen molar-refractivity contribution >= 4 is 5.97 Å². The SMILES string of the molecule is CC(=CCCO)C(=O)OC12CC3CC(CC(C3)C1)C2. The van der Waals surface area contributed by atoms with E-state index >= 15 is 0 Å². The molecule has 1 N–H and O–H groups in total. The second kappa shape index (κ2) is 4.93. The fourth-order valence-corrected chi connectivity index (χ4v) is 4.80. The Morgan fingerprint density at radius 2 is 1.74 bits per heavy atom. The molecule has 19 heavy (non-hydrogen) atoms. The number of rotatable bonds is 4. The Kier molecular flexibility index (Phi) is 3.42. The molecule has 0 radical (unpaired) electrons. The van der Waals surface area contributed by atoms with Gasteiger partial charge in [-0.3, -0.25) is 0 Å². The molecule has 0 spiro atoms. The molecule has 0 unspecified atom stereocenters. The lowest BCUT2D eigenvalue weighted by Crippen LogP contribution is -2.52. The molecule has 4 rings (SSSR count). The molecule has 0 amide bonds. The number of aliphatic hydroxyl groups excluding tert-OH is 1. The molecule has 4 aliphatic carbocycles. The molecule has 0 aromatic heterocycles. The molecule has 0 aliphatic heterocycles. The molecule has 0 heterocycles. The molecular weight excluding hydrogens is 240 g/mol. The van der Waals surface area contributed by atoms with Crippen LogP contribution < -0.4 is 0 Å². The smallest absolute Gasteiger partial charge is 0.333 e. The van der Waals surface area contributed by atoms with Crippen molar-refractivity contribution in [1.29, 1.82) is 0 Å². The van der Waals surface area contributed by atoms with Gasteiger partial charge >= 0.3 is 5.97 Å². The number of esters is 1. The standard InChI is InChI=1S/C16H24O3/c1-11(3-2-4-17)15(18)19-16-8-12-5-13(9-16)7-14(6-12)10-16/h3,12-14,17H,2,4-10H2,1H3. The second-order valence-electron chi connectivity index (χ2n) is 6.89. The maximum Gasteiger partial charge on any atom is 0.333 e. The Balaban J connectivity index is 1.67. The first-order chi connectivity index (χ1) is 9.10. The summed E-state index contributed by atoms with van der Waals surface area (Å²) in [6.07, 6.45) is 9.63. The summed E-state index contributed by atoms with van der Waals surface area (Å²) in [7, 11) is 0. The van der Waals surface area contributed by atoms with E-state index in [-0.39, 0.29) is 18.2 Å². The van der Waals surface area contributed by atoms with Gasteiger partial charge in [0.05, 0.1) is 0 Å². The zero-order valence-electron chi connectivity index (χ0n) is 11.7. The third-order valence-electron chi connectivity index (χ3n) is 5.19. The van der Waals surface area contributed by atoms with Gasteiger partial charge in [0.2, 0.25) is 0 Å². The first-order valence-corrected chi connectivity index (χ1v) is 7.61. The molecule has 3 nitrogen and oxygen atoms in total. The van der Waals surface area contributed by atoms with Gasteiger partial charge in [0, 0.05) is 12.2 Å². The van der Waals surface area contributed by atoms with E-state index in [9.17, 15) is 4.79 Å². The number of carbonyl (C=O) groups is 1. The molecular formula is C16H24O3. The summed E-state index contributed by atoms with van der Waals surface area (Å²) in [5.74, 6) is 2.21. The predicted octanol–water partition coefficient (Wildman–Crippen LogP) is 2.83. The third-order valence-corrected chi connectivity index (χ3v) is 5.19. The van der Waals surface area contributed by atoms with E-state index in [4.69, 9.17) is 9.84 Å². The normalized spacial score (nSPS) is 40.5. The van der Waals surface area contributed by atoms with E-state index < -0.39 is 0 Å². The van der Waals surface area contributed by atoms with Crippen LogP contribution in [0.15, 0.2) is 11.6 Å². The molecule has 0 aromatic rings. The van der Waals surface area contributed by atoms with Gasteiger partial charge in [-0.1, -0.05) is 6.08 Å².